The Labute approximate surface area is 138 Å². The summed E-state index contributed by atoms with van der Waals surface area (Å²) in [6.07, 6.45) is -0.0855. The number of carboxylic acid groups (broad SMARTS) is 1. The summed E-state index contributed by atoms with van der Waals surface area (Å²) in [4.78, 5) is 36.1. The molecule has 2 rings (SSSR count). The molecule has 130 valence electrons. The number of carbonyl (C=O) groups excluding carboxylic acids is 2. The summed E-state index contributed by atoms with van der Waals surface area (Å²) in [5.74, 6) is -2.78. The fourth-order valence-corrected chi connectivity index (χ4v) is 2.91. The summed E-state index contributed by atoms with van der Waals surface area (Å²) in [5.41, 5.74) is 0.313. The zero-order valence-electron chi connectivity index (χ0n) is 12.8. The number of nitrogens with one attached hydrogen (secondary N) is 1. The molecule has 1 aromatic carbocycles. The lowest BCUT2D eigenvalue weighted by atomic mass is 10.1. The third-order valence-corrected chi connectivity index (χ3v) is 4.59. The van der Waals surface area contributed by atoms with E-state index in [1.54, 1.807) is 0 Å². The molecule has 1 saturated heterocycles. The minimum absolute atomic E-state index is 0.0328. The van der Waals surface area contributed by atoms with E-state index in [0.29, 0.717) is 5.69 Å². The summed E-state index contributed by atoms with van der Waals surface area (Å²) in [5, 5.41) is 16.2. The van der Waals surface area contributed by atoms with Crippen LogP contribution in [0.1, 0.15) is 13.3 Å². The molecule has 1 fully saturated rings. The molecule has 2 atom stereocenters. The van der Waals surface area contributed by atoms with Crippen molar-refractivity contribution in [3.05, 3.63) is 24.3 Å². The first kappa shape index (κ1) is 17.9. The highest BCUT2D eigenvalue weighted by Crippen LogP contribution is 2.26. The molecule has 1 unspecified atom stereocenters. The number of aliphatic carboxylic acids is 1. The average Bonchev–Trinajstić information content (AvgIpc) is 2.88. The van der Waals surface area contributed by atoms with Gasteiger partial charge in [-0.2, -0.15) is 0 Å². The van der Waals surface area contributed by atoms with Crippen molar-refractivity contribution in [2.45, 2.75) is 24.3 Å². The molecule has 10 heteroatoms. The molecule has 0 saturated carbocycles. The molecule has 0 aromatic heterocycles. The van der Waals surface area contributed by atoms with Crippen molar-refractivity contribution < 1.29 is 27.9 Å². The average molecular weight is 355 g/mol. The molecular formula is C14H17N3O6S. The monoisotopic (exact) mass is 355 g/mol. The molecule has 4 N–H and O–H groups in total. The number of hydrogen-bond acceptors (Lipinski definition) is 5. The molecule has 0 aliphatic carbocycles. The van der Waals surface area contributed by atoms with Crippen LogP contribution in [-0.2, 0) is 24.4 Å². The van der Waals surface area contributed by atoms with Gasteiger partial charge in [0.05, 0.1) is 10.8 Å². The fraction of sp³-hybridized carbons (Fsp3) is 0.357. The number of benzene rings is 1. The van der Waals surface area contributed by atoms with Gasteiger partial charge in [-0.15, -0.1) is 0 Å². The Bertz CT molecular complexity index is 791. The first-order chi connectivity index (χ1) is 11.1. The van der Waals surface area contributed by atoms with Crippen LogP contribution >= 0.6 is 0 Å². The SMILES string of the molecule is C[C@@H](NC(=O)C1CC(=O)N(c2cccc(S(N)(=O)=O)c2)C1)C(=O)O. The number of rotatable bonds is 5. The summed E-state index contributed by atoms with van der Waals surface area (Å²) in [6.45, 7) is 1.36. The van der Waals surface area contributed by atoms with Crippen LogP contribution in [0.25, 0.3) is 0 Å². The van der Waals surface area contributed by atoms with Gasteiger partial charge in [-0.25, -0.2) is 13.6 Å². The van der Waals surface area contributed by atoms with Crippen molar-refractivity contribution in [1.82, 2.24) is 5.32 Å². The Morgan fingerprint density at radius 3 is 2.67 bits per heavy atom. The van der Waals surface area contributed by atoms with Crippen LogP contribution in [-0.4, -0.2) is 43.9 Å². The van der Waals surface area contributed by atoms with Crippen LogP contribution in [0.3, 0.4) is 0 Å². The zero-order valence-corrected chi connectivity index (χ0v) is 13.6. The lowest BCUT2D eigenvalue weighted by Crippen LogP contribution is -2.42. The van der Waals surface area contributed by atoms with E-state index < -0.39 is 33.9 Å². The van der Waals surface area contributed by atoms with Crippen LogP contribution < -0.4 is 15.4 Å². The Kier molecular flexibility index (Phi) is 4.90. The van der Waals surface area contributed by atoms with Crippen molar-refractivity contribution in [2.75, 3.05) is 11.4 Å². The largest absolute Gasteiger partial charge is 0.480 e. The quantitative estimate of drug-likeness (QED) is 0.635. The van der Waals surface area contributed by atoms with E-state index in [1.807, 2.05) is 0 Å². The highest BCUT2D eigenvalue weighted by atomic mass is 32.2. The van der Waals surface area contributed by atoms with Gasteiger partial charge in [0.1, 0.15) is 6.04 Å². The summed E-state index contributed by atoms with van der Waals surface area (Å²) >= 11 is 0. The van der Waals surface area contributed by atoms with Gasteiger partial charge < -0.3 is 15.3 Å². The molecule has 0 radical (unpaired) electrons. The van der Waals surface area contributed by atoms with Crippen LogP contribution in [0.4, 0.5) is 5.69 Å². The molecule has 1 aliphatic rings. The van der Waals surface area contributed by atoms with Crippen molar-refractivity contribution in [3.8, 4) is 0 Å². The Morgan fingerprint density at radius 2 is 2.08 bits per heavy atom. The predicted molar refractivity (Wildman–Crippen MR) is 83.5 cm³/mol. The topological polar surface area (TPSA) is 147 Å². The minimum Gasteiger partial charge on any atom is -0.480 e. The zero-order chi connectivity index (χ0) is 18.1. The molecule has 0 bridgehead atoms. The van der Waals surface area contributed by atoms with E-state index in [2.05, 4.69) is 5.32 Å². The van der Waals surface area contributed by atoms with E-state index in [-0.39, 0.29) is 23.8 Å². The summed E-state index contributed by atoms with van der Waals surface area (Å²) in [7, 11) is -3.91. The number of anilines is 1. The number of sulfonamides is 1. The lowest BCUT2D eigenvalue weighted by molar-refractivity contribution is -0.141. The standard InChI is InChI=1S/C14H17N3O6S/c1-8(14(20)21)16-13(19)9-5-12(18)17(7-9)10-3-2-4-11(6-10)24(15,22)23/h2-4,6,8-9H,5,7H2,1H3,(H,16,19)(H,20,21)(H2,15,22,23)/t8-,9?/m1/s1. The highest BCUT2D eigenvalue weighted by molar-refractivity contribution is 7.89. The number of hydrogen-bond donors (Lipinski definition) is 3. The van der Waals surface area contributed by atoms with Crippen LogP contribution in [0.5, 0.6) is 0 Å². The smallest absolute Gasteiger partial charge is 0.325 e. The second-order valence-electron chi connectivity index (χ2n) is 5.52. The Hall–Kier alpha value is -2.46. The molecule has 2 amide bonds. The molecule has 1 aliphatic heterocycles. The molecule has 9 nitrogen and oxygen atoms in total. The van der Waals surface area contributed by atoms with Gasteiger partial charge in [0.2, 0.25) is 21.8 Å². The van der Waals surface area contributed by atoms with E-state index in [0.717, 1.165) is 0 Å². The van der Waals surface area contributed by atoms with Crippen molar-refractivity contribution in [3.63, 3.8) is 0 Å². The third-order valence-electron chi connectivity index (χ3n) is 3.68. The third kappa shape index (κ3) is 3.89. The van der Waals surface area contributed by atoms with E-state index in [4.69, 9.17) is 10.2 Å². The Balaban J connectivity index is 2.16. The van der Waals surface area contributed by atoms with Crippen LogP contribution in [0.2, 0.25) is 0 Å². The van der Waals surface area contributed by atoms with Crippen LogP contribution in [0.15, 0.2) is 29.2 Å². The van der Waals surface area contributed by atoms with E-state index >= 15 is 0 Å². The van der Waals surface area contributed by atoms with Crippen molar-refractivity contribution >= 4 is 33.5 Å². The molecule has 0 spiro atoms. The van der Waals surface area contributed by atoms with Crippen molar-refractivity contribution in [1.29, 1.82) is 0 Å². The van der Waals surface area contributed by atoms with Gasteiger partial charge >= 0.3 is 5.97 Å². The normalized spacial score (nSPS) is 19.2. The first-order valence-corrected chi connectivity index (χ1v) is 8.60. The highest BCUT2D eigenvalue weighted by Gasteiger charge is 2.36. The second-order valence-corrected chi connectivity index (χ2v) is 7.08. The Morgan fingerprint density at radius 1 is 1.42 bits per heavy atom. The first-order valence-electron chi connectivity index (χ1n) is 7.06. The van der Waals surface area contributed by atoms with Crippen molar-refractivity contribution in [2.24, 2.45) is 11.1 Å². The summed E-state index contributed by atoms with van der Waals surface area (Å²) in [6, 6.07) is 4.48. The summed E-state index contributed by atoms with van der Waals surface area (Å²) < 4.78 is 22.8. The number of nitrogens with zero attached hydrogens (tertiary/aromatic N) is 1. The maximum absolute atomic E-state index is 12.1. The number of primary sulfonamides is 1. The number of nitrogens with two attached hydrogens (primary N) is 1. The minimum atomic E-state index is -3.91. The van der Waals surface area contributed by atoms with E-state index in [9.17, 15) is 22.8 Å². The second kappa shape index (κ2) is 6.57. The van der Waals surface area contributed by atoms with Gasteiger partial charge in [-0.05, 0) is 25.1 Å². The van der Waals surface area contributed by atoms with Gasteiger partial charge in [0.15, 0.2) is 0 Å². The van der Waals surface area contributed by atoms with E-state index in [1.165, 1.54) is 36.1 Å². The van der Waals surface area contributed by atoms with Gasteiger partial charge in [0.25, 0.3) is 0 Å². The van der Waals surface area contributed by atoms with Gasteiger partial charge in [0, 0.05) is 18.7 Å². The number of carboxylic acids is 1. The molecule has 1 heterocycles. The number of amides is 2. The number of carbonyl (C=O) groups is 3. The fourth-order valence-electron chi connectivity index (χ4n) is 2.35. The molecule has 24 heavy (non-hydrogen) atoms. The lowest BCUT2D eigenvalue weighted by Gasteiger charge is -2.18. The van der Waals surface area contributed by atoms with Crippen LogP contribution in [0, 0.1) is 5.92 Å². The predicted octanol–water partition coefficient (Wildman–Crippen LogP) is -0.724. The van der Waals surface area contributed by atoms with Gasteiger partial charge in [-0.3, -0.25) is 14.4 Å². The molecular weight excluding hydrogens is 338 g/mol. The maximum atomic E-state index is 12.1. The maximum Gasteiger partial charge on any atom is 0.325 e. The van der Waals surface area contributed by atoms with Gasteiger partial charge in [-0.1, -0.05) is 6.07 Å². The molecule has 1 aromatic rings.